The first-order valence-electron chi connectivity index (χ1n) is 7.83. The number of allylic oxidation sites excluding steroid dienone is 1. The van der Waals surface area contributed by atoms with E-state index in [1.165, 1.54) is 24.2 Å². The Kier molecular flexibility index (Phi) is 3.32. The van der Waals surface area contributed by atoms with Gasteiger partial charge in [0.1, 0.15) is 11.1 Å². The van der Waals surface area contributed by atoms with Gasteiger partial charge in [-0.3, -0.25) is 0 Å². The highest BCUT2D eigenvalue weighted by Crippen LogP contribution is 2.39. The van der Waals surface area contributed by atoms with E-state index in [-0.39, 0.29) is 0 Å². The van der Waals surface area contributed by atoms with Gasteiger partial charge < -0.3 is 4.57 Å². The number of nitrogens with zero attached hydrogens (tertiary/aromatic N) is 3. The molecule has 1 saturated carbocycles. The molecule has 3 aromatic rings. The van der Waals surface area contributed by atoms with Gasteiger partial charge in [0.15, 0.2) is 0 Å². The van der Waals surface area contributed by atoms with Gasteiger partial charge in [-0.25, -0.2) is 4.98 Å². The lowest BCUT2D eigenvalue weighted by Gasteiger charge is -2.06. The molecule has 0 unspecified atom stereocenters. The molecular weight excluding hydrogens is 302 g/mol. The number of hydrogen-bond donors (Lipinski definition) is 0. The normalized spacial score (nSPS) is 15.1. The Hall–Kier alpha value is -2.38. The summed E-state index contributed by atoms with van der Waals surface area (Å²) >= 11 is 1.58. The Morgan fingerprint density at radius 2 is 2.13 bits per heavy atom. The first kappa shape index (κ1) is 14.2. The third kappa shape index (κ3) is 2.47. The molecule has 0 bridgehead atoms. The van der Waals surface area contributed by atoms with Gasteiger partial charge >= 0.3 is 0 Å². The Labute approximate surface area is 139 Å². The van der Waals surface area contributed by atoms with E-state index in [4.69, 9.17) is 0 Å². The van der Waals surface area contributed by atoms with Crippen LogP contribution in [-0.2, 0) is 0 Å². The van der Waals surface area contributed by atoms with Crippen molar-refractivity contribution in [1.82, 2.24) is 9.55 Å². The maximum atomic E-state index is 9.60. The highest BCUT2D eigenvalue weighted by molar-refractivity contribution is 7.19. The van der Waals surface area contributed by atoms with Crippen LogP contribution in [0.2, 0.25) is 0 Å². The second-order valence-electron chi connectivity index (χ2n) is 6.08. The van der Waals surface area contributed by atoms with Crippen molar-refractivity contribution in [3.05, 3.63) is 52.3 Å². The van der Waals surface area contributed by atoms with Gasteiger partial charge in [0.2, 0.25) is 0 Å². The fourth-order valence-corrected chi connectivity index (χ4v) is 4.06. The SMILES string of the molecule is Cc1cc(/C=C(\C#N)c2nc3ccccc3s2)c(C)n1C1CC1. The first-order chi connectivity index (χ1) is 11.2. The quantitative estimate of drug-likeness (QED) is 0.629. The van der Waals surface area contributed by atoms with Crippen molar-refractivity contribution in [2.75, 3.05) is 0 Å². The van der Waals surface area contributed by atoms with Crippen molar-refractivity contribution in [2.45, 2.75) is 32.7 Å². The van der Waals surface area contributed by atoms with Crippen molar-refractivity contribution in [3.8, 4) is 6.07 Å². The number of thiazole rings is 1. The van der Waals surface area contributed by atoms with E-state index in [9.17, 15) is 5.26 Å². The Bertz CT molecular complexity index is 931. The summed E-state index contributed by atoms with van der Waals surface area (Å²) in [6.07, 6.45) is 4.52. The number of aromatic nitrogens is 2. The zero-order chi connectivity index (χ0) is 16.0. The fourth-order valence-electron chi connectivity index (χ4n) is 3.13. The molecule has 0 spiro atoms. The molecule has 0 radical (unpaired) electrons. The standard InChI is InChI=1S/C19H17N3S/c1-12-9-14(13(2)22(12)16-7-8-16)10-15(11-20)19-21-17-5-3-4-6-18(17)23-19/h3-6,9-10,16H,7-8H2,1-2H3/b15-10+. The van der Waals surface area contributed by atoms with Crippen LogP contribution in [-0.4, -0.2) is 9.55 Å². The number of para-hydroxylation sites is 1. The molecule has 3 nitrogen and oxygen atoms in total. The van der Waals surface area contributed by atoms with E-state index in [0.717, 1.165) is 20.8 Å². The average molecular weight is 319 g/mol. The molecule has 0 saturated heterocycles. The molecule has 1 aromatic carbocycles. The van der Waals surface area contributed by atoms with Crippen LogP contribution < -0.4 is 0 Å². The maximum absolute atomic E-state index is 9.60. The van der Waals surface area contributed by atoms with E-state index in [1.54, 1.807) is 11.3 Å². The molecule has 2 heterocycles. The van der Waals surface area contributed by atoms with Crippen LogP contribution in [0.1, 0.15) is 40.8 Å². The second kappa shape index (κ2) is 5.36. The summed E-state index contributed by atoms with van der Waals surface area (Å²) in [4.78, 5) is 4.61. The summed E-state index contributed by atoms with van der Waals surface area (Å²) in [5, 5.41) is 10.4. The predicted octanol–water partition coefficient (Wildman–Crippen LogP) is 5.11. The molecule has 0 atom stereocenters. The lowest BCUT2D eigenvalue weighted by Crippen LogP contribution is -1.98. The van der Waals surface area contributed by atoms with E-state index < -0.39 is 0 Å². The van der Waals surface area contributed by atoms with Crippen molar-refractivity contribution < 1.29 is 0 Å². The lowest BCUT2D eigenvalue weighted by molar-refractivity contribution is 0.699. The van der Waals surface area contributed by atoms with E-state index >= 15 is 0 Å². The molecule has 23 heavy (non-hydrogen) atoms. The van der Waals surface area contributed by atoms with E-state index in [2.05, 4.69) is 35.5 Å². The van der Waals surface area contributed by atoms with Crippen LogP contribution in [0.25, 0.3) is 21.9 Å². The number of hydrogen-bond acceptors (Lipinski definition) is 3. The van der Waals surface area contributed by atoms with Crippen LogP contribution in [0.15, 0.2) is 30.3 Å². The molecule has 1 aliphatic carbocycles. The molecule has 2 aromatic heterocycles. The number of aryl methyl sites for hydroxylation is 1. The number of nitriles is 1. The van der Waals surface area contributed by atoms with Gasteiger partial charge in [-0.1, -0.05) is 12.1 Å². The minimum absolute atomic E-state index is 0.641. The van der Waals surface area contributed by atoms with Gasteiger partial charge in [0.25, 0.3) is 0 Å². The summed E-state index contributed by atoms with van der Waals surface area (Å²) in [6, 6.07) is 13.2. The third-order valence-electron chi connectivity index (χ3n) is 4.38. The van der Waals surface area contributed by atoms with E-state index in [0.29, 0.717) is 11.6 Å². The number of fused-ring (bicyclic) bond motifs is 1. The average Bonchev–Trinajstić information content (AvgIpc) is 3.21. The fraction of sp³-hybridized carbons (Fsp3) is 0.263. The van der Waals surface area contributed by atoms with Gasteiger partial charge in [0, 0.05) is 17.4 Å². The largest absolute Gasteiger partial charge is 0.346 e. The Morgan fingerprint density at radius 3 is 2.83 bits per heavy atom. The Balaban J connectivity index is 1.79. The van der Waals surface area contributed by atoms with Crippen molar-refractivity contribution in [1.29, 1.82) is 5.26 Å². The van der Waals surface area contributed by atoms with Gasteiger partial charge in [-0.05, 0) is 56.5 Å². The zero-order valence-corrected chi connectivity index (χ0v) is 14.0. The minimum atomic E-state index is 0.641. The minimum Gasteiger partial charge on any atom is -0.346 e. The summed E-state index contributed by atoms with van der Waals surface area (Å²) in [7, 11) is 0. The van der Waals surface area contributed by atoms with Gasteiger partial charge in [-0.2, -0.15) is 5.26 Å². The molecule has 0 aliphatic heterocycles. The monoisotopic (exact) mass is 319 g/mol. The zero-order valence-electron chi connectivity index (χ0n) is 13.2. The topological polar surface area (TPSA) is 41.6 Å². The first-order valence-corrected chi connectivity index (χ1v) is 8.65. The van der Waals surface area contributed by atoms with Crippen LogP contribution in [0.5, 0.6) is 0 Å². The van der Waals surface area contributed by atoms with Crippen molar-refractivity contribution in [3.63, 3.8) is 0 Å². The van der Waals surface area contributed by atoms with Crippen LogP contribution in [0.4, 0.5) is 0 Å². The molecule has 1 aliphatic rings. The van der Waals surface area contributed by atoms with Crippen LogP contribution in [0, 0.1) is 25.2 Å². The predicted molar refractivity (Wildman–Crippen MR) is 95.3 cm³/mol. The molecule has 0 amide bonds. The molecular formula is C19H17N3S. The molecule has 4 heteroatoms. The lowest BCUT2D eigenvalue weighted by atomic mass is 10.1. The highest BCUT2D eigenvalue weighted by Gasteiger charge is 2.26. The number of rotatable bonds is 3. The Morgan fingerprint density at radius 1 is 1.35 bits per heavy atom. The summed E-state index contributed by atoms with van der Waals surface area (Å²) in [5.41, 5.74) is 5.25. The van der Waals surface area contributed by atoms with Gasteiger partial charge in [-0.15, -0.1) is 11.3 Å². The summed E-state index contributed by atoms with van der Waals surface area (Å²) in [6.45, 7) is 4.29. The third-order valence-corrected chi connectivity index (χ3v) is 5.45. The van der Waals surface area contributed by atoms with Crippen LogP contribution in [0.3, 0.4) is 0 Å². The summed E-state index contributed by atoms with van der Waals surface area (Å²) < 4.78 is 3.52. The molecule has 1 fully saturated rings. The smallest absolute Gasteiger partial charge is 0.135 e. The summed E-state index contributed by atoms with van der Waals surface area (Å²) in [5.74, 6) is 0. The molecule has 114 valence electrons. The van der Waals surface area contributed by atoms with Gasteiger partial charge in [0.05, 0.1) is 15.8 Å². The second-order valence-corrected chi connectivity index (χ2v) is 7.11. The maximum Gasteiger partial charge on any atom is 0.135 e. The van der Waals surface area contributed by atoms with Crippen molar-refractivity contribution >= 4 is 33.2 Å². The molecule has 4 rings (SSSR count). The molecule has 0 N–H and O–H groups in total. The number of benzene rings is 1. The highest BCUT2D eigenvalue weighted by atomic mass is 32.1. The van der Waals surface area contributed by atoms with Crippen molar-refractivity contribution in [2.24, 2.45) is 0 Å². The van der Waals surface area contributed by atoms with Crippen LogP contribution >= 0.6 is 11.3 Å². The van der Waals surface area contributed by atoms with E-state index in [1.807, 2.05) is 30.3 Å².